The number of nitrogens with zero attached hydrogens (tertiary/aromatic N) is 5. The van der Waals surface area contributed by atoms with Gasteiger partial charge in [-0.25, -0.2) is 17.4 Å². The minimum Gasteiger partial charge on any atom is -0.352 e. The zero-order valence-electron chi connectivity index (χ0n) is 14.0. The second kappa shape index (κ2) is 6.30. The van der Waals surface area contributed by atoms with Gasteiger partial charge >= 0.3 is 0 Å². The molecule has 0 unspecified atom stereocenters. The molecule has 3 rings (SSSR count). The van der Waals surface area contributed by atoms with E-state index >= 15 is 0 Å². The molecule has 130 valence electrons. The highest BCUT2D eigenvalue weighted by Crippen LogP contribution is 2.30. The summed E-state index contributed by atoms with van der Waals surface area (Å²) in [7, 11) is 1.55. The maximum Gasteiger partial charge on any atom is 0.242 e. The van der Waals surface area contributed by atoms with Crippen LogP contribution in [0.2, 0.25) is 0 Å². The van der Waals surface area contributed by atoms with Crippen LogP contribution in [-0.4, -0.2) is 47.7 Å². The molecular weight excluding hydrogens is 346 g/mol. The van der Waals surface area contributed by atoms with Crippen LogP contribution in [0.25, 0.3) is 0 Å². The first kappa shape index (κ1) is 17.1. The van der Waals surface area contributed by atoms with Gasteiger partial charge in [0.15, 0.2) is 4.77 Å². The van der Waals surface area contributed by atoms with E-state index in [1.165, 1.54) is 4.31 Å². The van der Waals surface area contributed by atoms with E-state index in [1.807, 2.05) is 13.1 Å². The lowest BCUT2D eigenvalue weighted by Crippen LogP contribution is -2.32. The van der Waals surface area contributed by atoms with Crippen molar-refractivity contribution in [1.82, 2.24) is 18.7 Å². The van der Waals surface area contributed by atoms with Crippen LogP contribution in [0.3, 0.4) is 0 Å². The molecule has 1 aromatic heterocycles. The van der Waals surface area contributed by atoms with Gasteiger partial charge in [-0.3, -0.25) is 0 Å². The highest BCUT2D eigenvalue weighted by Gasteiger charge is 2.23. The van der Waals surface area contributed by atoms with Crippen molar-refractivity contribution in [2.45, 2.75) is 24.4 Å². The third-order valence-corrected chi connectivity index (χ3v) is 6.55. The summed E-state index contributed by atoms with van der Waals surface area (Å²) < 4.78 is 30.1. The number of benzene rings is 1. The van der Waals surface area contributed by atoms with Gasteiger partial charge in [-0.05, 0) is 48.8 Å². The Morgan fingerprint density at radius 2 is 2.08 bits per heavy atom. The minimum absolute atomic E-state index is 0.336. The van der Waals surface area contributed by atoms with Crippen LogP contribution in [0.1, 0.15) is 12.0 Å². The summed E-state index contributed by atoms with van der Waals surface area (Å²) in [6.45, 7) is 1.46. The highest BCUT2D eigenvalue weighted by molar-refractivity contribution is 7.89. The Morgan fingerprint density at radius 1 is 1.33 bits per heavy atom. The molecule has 0 atom stereocenters. The van der Waals surface area contributed by atoms with Crippen molar-refractivity contribution in [3.05, 3.63) is 34.9 Å². The van der Waals surface area contributed by atoms with E-state index in [1.54, 1.807) is 41.8 Å². The monoisotopic (exact) mass is 367 g/mol. The van der Waals surface area contributed by atoms with Gasteiger partial charge in [0, 0.05) is 33.4 Å². The van der Waals surface area contributed by atoms with Gasteiger partial charge < -0.3 is 9.47 Å². The maximum atomic E-state index is 12.3. The van der Waals surface area contributed by atoms with E-state index in [0.717, 1.165) is 30.6 Å². The number of fused-ring (bicyclic) bond motifs is 1. The standard InChI is InChI=1S/C15H21N5O2S2/c1-17(2)24(21,22)13-6-7-14-12(9-13)5-4-8-19(14)11-20-15(23)18(3)10-16-20/h6-7,9-10H,4-5,8,11H2,1-3H3. The van der Waals surface area contributed by atoms with E-state index in [9.17, 15) is 8.42 Å². The Balaban J connectivity index is 1.94. The first-order valence-electron chi connectivity index (χ1n) is 7.69. The van der Waals surface area contributed by atoms with Crippen LogP contribution in [0, 0.1) is 4.77 Å². The molecule has 2 aromatic rings. The quantitative estimate of drug-likeness (QED) is 0.769. The van der Waals surface area contributed by atoms with Crippen molar-refractivity contribution < 1.29 is 8.42 Å². The first-order valence-corrected chi connectivity index (χ1v) is 9.54. The van der Waals surface area contributed by atoms with Gasteiger partial charge in [0.1, 0.15) is 13.0 Å². The summed E-state index contributed by atoms with van der Waals surface area (Å²) in [6.07, 6.45) is 3.54. The summed E-state index contributed by atoms with van der Waals surface area (Å²) in [5.41, 5.74) is 2.10. The first-order chi connectivity index (χ1) is 11.3. The molecule has 0 amide bonds. The number of rotatable bonds is 4. The molecule has 0 aliphatic carbocycles. The lowest BCUT2D eigenvalue weighted by Gasteiger charge is -2.31. The Kier molecular flexibility index (Phi) is 4.50. The molecule has 2 heterocycles. The van der Waals surface area contributed by atoms with Gasteiger partial charge in [-0.15, -0.1) is 0 Å². The molecule has 0 spiro atoms. The molecule has 0 N–H and O–H groups in total. The van der Waals surface area contributed by atoms with E-state index in [4.69, 9.17) is 12.2 Å². The number of sulfonamides is 1. The van der Waals surface area contributed by atoms with Crippen LogP contribution < -0.4 is 4.90 Å². The summed E-state index contributed by atoms with van der Waals surface area (Å²) in [4.78, 5) is 2.52. The van der Waals surface area contributed by atoms with Gasteiger partial charge in [0.05, 0.1) is 4.90 Å². The zero-order valence-corrected chi connectivity index (χ0v) is 15.6. The van der Waals surface area contributed by atoms with E-state index in [0.29, 0.717) is 16.3 Å². The number of hydrogen-bond donors (Lipinski definition) is 0. The third-order valence-electron chi connectivity index (χ3n) is 4.24. The molecule has 0 fully saturated rings. The second-order valence-electron chi connectivity index (χ2n) is 6.11. The fourth-order valence-electron chi connectivity index (χ4n) is 2.85. The smallest absolute Gasteiger partial charge is 0.242 e. The average molecular weight is 368 g/mol. The fourth-order valence-corrected chi connectivity index (χ4v) is 3.95. The van der Waals surface area contributed by atoms with Crippen LogP contribution in [-0.2, 0) is 30.2 Å². The molecular formula is C15H21N5O2S2. The van der Waals surface area contributed by atoms with E-state index < -0.39 is 10.0 Å². The lowest BCUT2D eigenvalue weighted by atomic mass is 10.0. The summed E-state index contributed by atoms with van der Waals surface area (Å²) in [5, 5.41) is 4.29. The summed E-state index contributed by atoms with van der Waals surface area (Å²) in [5.74, 6) is 0. The summed E-state index contributed by atoms with van der Waals surface area (Å²) in [6, 6.07) is 5.34. The molecule has 9 heteroatoms. The van der Waals surface area contributed by atoms with Gasteiger partial charge in [0.25, 0.3) is 0 Å². The number of aryl methyl sites for hydroxylation is 2. The average Bonchev–Trinajstić information content (AvgIpc) is 2.86. The molecule has 0 bridgehead atoms. The molecule has 0 radical (unpaired) electrons. The van der Waals surface area contributed by atoms with Crippen LogP contribution in [0.5, 0.6) is 0 Å². The van der Waals surface area contributed by atoms with Gasteiger partial charge in [0.2, 0.25) is 10.0 Å². The number of anilines is 1. The molecule has 1 aromatic carbocycles. The van der Waals surface area contributed by atoms with Crippen molar-refractivity contribution in [3.8, 4) is 0 Å². The lowest BCUT2D eigenvalue weighted by molar-refractivity contribution is 0.519. The van der Waals surface area contributed by atoms with Crippen molar-refractivity contribution in [2.24, 2.45) is 7.05 Å². The van der Waals surface area contributed by atoms with Gasteiger partial charge in [-0.2, -0.15) is 5.10 Å². The second-order valence-corrected chi connectivity index (χ2v) is 8.63. The topological polar surface area (TPSA) is 63.4 Å². The molecule has 1 aliphatic rings. The maximum absolute atomic E-state index is 12.3. The Hall–Kier alpha value is -1.71. The molecule has 0 saturated carbocycles. The number of hydrogen-bond acceptors (Lipinski definition) is 5. The Labute approximate surface area is 147 Å². The predicted molar refractivity (Wildman–Crippen MR) is 95.0 cm³/mol. The predicted octanol–water partition coefficient (Wildman–Crippen LogP) is 1.61. The molecule has 24 heavy (non-hydrogen) atoms. The minimum atomic E-state index is -3.41. The van der Waals surface area contributed by atoms with Gasteiger partial charge in [-0.1, -0.05) is 0 Å². The third kappa shape index (κ3) is 2.99. The zero-order chi connectivity index (χ0) is 17.5. The normalized spacial score (nSPS) is 14.9. The van der Waals surface area contributed by atoms with E-state index in [-0.39, 0.29) is 0 Å². The Bertz CT molecular complexity index is 914. The van der Waals surface area contributed by atoms with E-state index in [2.05, 4.69) is 10.00 Å². The van der Waals surface area contributed by atoms with Crippen molar-refractivity contribution in [1.29, 1.82) is 0 Å². The molecule has 7 nitrogen and oxygen atoms in total. The van der Waals surface area contributed by atoms with Crippen LogP contribution in [0.4, 0.5) is 5.69 Å². The van der Waals surface area contributed by atoms with Crippen molar-refractivity contribution >= 4 is 27.9 Å². The van der Waals surface area contributed by atoms with Crippen LogP contribution >= 0.6 is 12.2 Å². The van der Waals surface area contributed by atoms with Crippen molar-refractivity contribution in [3.63, 3.8) is 0 Å². The highest BCUT2D eigenvalue weighted by atomic mass is 32.2. The SMILES string of the molecule is CN(C)S(=O)(=O)c1ccc2c(c1)CCCN2Cn1ncn(C)c1=S. The van der Waals surface area contributed by atoms with Crippen LogP contribution in [0.15, 0.2) is 29.4 Å². The largest absolute Gasteiger partial charge is 0.352 e. The summed E-state index contributed by atoms with van der Waals surface area (Å²) >= 11 is 5.34. The molecule has 1 aliphatic heterocycles. The number of aromatic nitrogens is 3. The fraction of sp³-hybridized carbons (Fsp3) is 0.467. The van der Waals surface area contributed by atoms with Crippen molar-refractivity contribution in [2.75, 3.05) is 25.5 Å². The molecule has 0 saturated heterocycles. The Morgan fingerprint density at radius 3 is 2.71 bits per heavy atom.